The highest BCUT2D eigenvalue weighted by Crippen LogP contribution is 2.20. The molecule has 5 heteroatoms. The number of carbonyl (C=O) groups is 2. The third-order valence-electron chi connectivity index (χ3n) is 3.68. The summed E-state index contributed by atoms with van der Waals surface area (Å²) in [5.74, 6) is 0.323. The van der Waals surface area contributed by atoms with Crippen LogP contribution in [0, 0.1) is 0 Å². The van der Waals surface area contributed by atoms with E-state index in [0.29, 0.717) is 12.3 Å². The van der Waals surface area contributed by atoms with Crippen molar-refractivity contribution in [1.29, 1.82) is 0 Å². The fourth-order valence-corrected chi connectivity index (χ4v) is 2.56. The van der Waals surface area contributed by atoms with Crippen LogP contribution in [0.5, 0.6) is 5.75 Å². The average molecular weight is 291 g/mol. The van der Waals surface area contributed by atoms with Gasteiger partial charge in [-0.15, -0.1) is 0 Å². The van der Waals surface area contributed by atoms with Crippen LogP contribution in [-0.2, 0) is 14.3 Å². The van der Waals surface area contributed by atoms with Crippen molar-refractivity contribution in [1.82, 2.24) is 4.90 Å². The summed E-state index contributed by atoms with van der Waals surface area (Å²) in [6.45, 7) is 0.681. The van der Waals surface area contributed by atoms with Crippen LogP contribution in [0.1, 0.15) is 25.7 Å². The summed E-state index contributed by atoms with van der Waals surface area (Å²) < 4.78 is 10.2. The highest BCUT2D eigenvalue weighted by atomic mass is 16.5. The van der Waals surface area contributed by atoms with E-state index in [0.717, 1.165) is 19.3 Å². The van der Waals surface area contributed by atoms with Crippen molar-refractivity contribution in [3.05, 3.63) is 30.3 Å². The Balaban J connectivity index is 1.90. The normalized spacial score (nSPS) is 18.1. The van der Waals surface area contributed by atoms with Crippen molar-refractivity contribution < 1.29 is 19.1 Å². The van der Waals surface area contributed by atoms with Gasteiger partial charge in [0.05, 0.1) is 13.5 Å². The quantitative estimate of drug-likeness (QED) is 0.779. The van der Waals surface area contributed by atoms with Crippen LogP contribution in [0.2, 0.25) is 0 Å². The number of methoxy groups -OCH3 is 1. The number of nitrogens with zero attached hydrogens (tertiary/aromatic N) is 1. The van der Waals surface area contributed by atoms with Crippen molar-refractivity contribution >= 4 is 11.9 Å². The van der Waals surface area contributed by atoms with E-state index in [1.54, 1.807) is 4.90 Å². The van der Waals surface area contributed by atoms with Crippen molar-refractivity contribution in [3.63, 3.8) is 0 Å². The zero-order valence-corrected chi connectivity index (χ0v) is 12.3. The summed E-state index contributed by atoms with van der Waals surface area (Å²) in [4.78, 5) is 25.5. The van der Waals surface area contributed by atoms with Gasteiger partial charge in [0.15, 0.2) is 6.61 Å². The van der Waals surface area contributed by atoms with Gasteiger partial charge < -0.3 is 14.4 Å². The number of piperidine rings is 1. The molecule has 1 aliphatic rings. The minimum absolute atomic E-state index is 0.00167. The summed E-state index contributed by atoms with van der Waals surface area (Å²) in [5, 5.41) is 0. The SMILES string of the molecule is COC(=O)CC1CCCCN1C(=O)COc1ccccc1. The first kappa shape index (κ1) is 15.4. The predicted octanol–water partition coefficient (Wildman–Crippen LogP) is 2.01. The van der Waals surface area contributed by atoms with Gasteiger partial charge in [0.2, 0.25) is 0 Å². The maximum Gasteiger partial charge on any atom is 0.307 e. The Labute approximate surface area is 124 Å². The molecule has 0 saturated carbocycles. The third kappa shape index (κ3) is 4.48. The van der Waals surface area contributed by atoms with Gasteiger partial charge in [0.1, 0.15) is 5.75 Å². The van der Waals surface area contributed by atoms with E-state index in [2.05, 4.69) is 0 Å². The third-order valence-corrected chi connectivity index (χ3v) is 3.68. The summed E-state index contributed by atoms with van der Waals surface area (Å²) in [5.41, 5.74) is 0. The molecule has 1 aliphatic heterocycles. The molecule has 0 radical (unpaired) electrons. The predicted molar refractivity (Wildman–Crippen MR) is 77.9 cm³/mol. The topological polar surface area (TPSA) is 55.8 Å². The Kier molecular flexibility index (Phi) is 5.60. The number of esters is 1. The van der Waals surface area contributed by atoms with Gasteiger partial charge in [-0.05, 0) is 31.4 Å². The molecule has 114 valence electrons. The van der Waals surface area contributed by atoms with E-state index < -0.39 is 0 Å². The molecule has 1 saturated heterocycles. The molecular weight excluding hydrogens is 270 g/mol. The molecule has 2 rings (SSSR count). The molecule has 1 aromatic carbocycles. The molecule has 0 aliphatic carbocycles. The molecule has 21 heavy (non-hydrogen) atoms. The Hall–Kier alpha value is -2.04. The molecule has 1 amide bonds. The first-order valence-corrected chi connectivity index (χ1v) is 7.25. The number of para-hydroxylation sites is 1. The molecule has 0 bridgehead atoms. The fourth-order valence-electron chi connectivity index (χ4n) is 2.56. The maximum atomic E-state index is 12.3. The molecule has 1 fully saturated rings. The zero-order valence-electron chi connectivity index (χ0n) is 12.3. The van der Waals surface area contributed by atoms with Gasteiger partial charge in [-0.1, -0.05) is 18.2 Å². The lowest BCUT2D eigenvalue weighted by Gasteiger charge is -2.35. The second-order valence-corrected chi connectivity index (χ2v) is 5.12. The monoisotopic (exact) mass is 291 g/mol. The zero-order chi connectivity index (χ0) is 15.1. The summed E-state index contributed by atoms with van der Waals surface area (Å²) >= 11 is 0. The standard InChI is InChI=1S/C16H21NO4/c1-20-16(19)11-13-7-5-6-10-17(13)15(18)12-21-14-8-3-2-4-9-14/h2-4,8-9,13H,5-7,10-12H2,1H3. The number of benzene rings is 1. The van der Waals surface area contributed by atoms with Crippen LogP contribution in [-0.4, -0.2) is 43.1 Å². The number of ether oxygens (including phenoxy) is 2. The molecule has 0 N–H and O–H groups in total. The van der Waals surface area contributed by atoms with Gasteiger partial charge in [0.25, 0.3) is 5.91 Å². The van der Waals surface area contributed by atoms with Gasteiger partial charge in [-0.2, -0.15) is 0 Å². The van der Waals surface area contributed by atoms with E-state index in [4.69, 9.17) is 9.47 Å². The lowest BCUT2D eigenvalue weighted by molar-refractivity contribution is -0.145. The molecule has 5 nitrogen and oxygen atoms in total. The molecule has 0 aromatic heterocycles. The molecular formula is C16H21NO4. The maximum absolute atomic E-state index is 12.3. The number of amides is 1. The van der Waals surface area contributed by atoms with E-state index in [-0.39, 0.29) is 30.9 Å². The van der Waals surface area contributed by atoms with E-state index in [1.165, 1.54) is 7.11 Å². The number of likely N-dealkylation sites (tertiary alicyclic amines) is 1. The van der Waals surface area contributed by atoms with Crippen molar-refractivity contribution in [2.75, 3.05) is 20.3 Å². The first-order valence-electron chi connectivity index (χ1n) is 7.25. The van der Waals surface area contributed by atoms with E-state index in [9.17, 15) is 9.59 Å². The lowest BCUT2D eigenvalue weighted by Crippen LogP contribution is -2.46. The Bertz CT molecular complexity index is 474. The van der Waals surface area contributed by atoms with Gasteiger partial charge >= 0.3 is 5.97 Å². The minimum Gasteiger partial charge on any atom is -0.484 e. The number of hydrogen-bond acceptors (Lipinski definition) is 4. The Morgan fingerprint density at radius 3 is 2.71 bits per heavy atom. The summed E-state index contributed by atoms with van der Waals surface area (Å²) in [6.07, 6.45) is 3.10. The van der Waals surface area contributed by atoms with Crippen molar-refractivity contribution in [2.45, 2.75) is 31.7 Å². The molecule has 0 spiro atoms. The number of rotatable bonds is 5. The second kappa shape index (κ2) is 7.67. The van der Waals surface area contributed by atoms with Crippen molar-refractivity contribution in [3.8, 4) is 5.75 Å². The molecule has 1 unspecified atom stereocenters. The number of carbonyl (C=O) groups excluding carboxylic acids is 2. The van der Waals surface area contributed by atoms with Crippen LogP contribution in [0.25, 0.3) is 0 Å². The summed E-state index contributed by atoms with van der Waals surface area (Å²) in [7, 11) is 1.37. The Morgan fingerprint density at radius 1 is 1.24 bits per heavy atom. The molecule has 1 heterocycles. The molecule has 1 aromatic rings. The van der Waals surface area contributed by atoms with Gasteiger partial charge in [-0.3, -0.25) is 9.59 Å². The smallest absolute Gasteiger partial charge is 0.307 e. The van der Waals surface area contributed by atoms with Gasteiger partial charge in [0, 0.05) is 12.6 Å². The van der Waals surface area contributed by atoms with Gasteiger partial charge in [-0.25, -0.2) is 0 Å². The second-order valence-electron chi connectivity index (χ2n) is 5.12. The van der Waals surface area contributed by atoms with Crippen LogP contribution in [0.15, 0.2) is 30.3 Å². The van der Waals surface area contributed by atoms with Crippen LogP contribution >= 0.6 is 0 Å². The van der Waals surface area contributed by atoms with Crippen LogP contribution < -0.4 is 4.74 Å². The fraction of sp³-hybridized carbons (Fsp3) is 0.500. The van der Waals surface area contributed by atoms with E-state index >= 15 is 0 Å². The van der Waals surface area contributed by atoms with E-state index in [1.807, 2.05) is 30.3 Å². The largest absolute Gasteiger partial charge is 0.484 e. The highest BCUT2D eigenvalue weighted by Gasteiger charge is 2.28. The Morgan fingerprint density at radius 2 is 2.00 bits per heavy atom. The average Bonchev–Trinajstić information content (AvgIpc) is 2.54. The lowest BCUT2D eigenvalue weighted by atomic mass is 9.99. The van der Waals surface area contributed by atoms with Crippen LogP contribution in [0.4, 0.5) is 0 Å². The van der Waals surface area contributed by atoms with Crippen LogP contribution in [0.3, 0.4) is 0 Å². The summed E-state index contributed by atoms with van der Waals surface area (Å²) in [6, 6.07) is 9.18. The number of hydrogen-bond donors (Lipinski definition) is 0. The minimum atomic E-state index is -0.274. The van der Waals surface area contributed by atoms with Crippen molar-refractivity contribution in [2.24, 2.45) is 0 Å². The molecule has 1 atom stereocenters. The highest BCUT2D eigenvalue weighted by molar-refractivity contribution is 5.79. The first-order chi connectivity index (χ1) is 10.2.